The van der Waals surface area contributed by atoms with E-state index in [1.165, 1.54) is 0 Å². The molecule has 1 aromatic heterocycles. The van der Waals surface area contributed by atoms with Crippen molar-refractivity contribution in [1.82, 2.24) is 15.2 Å². The monoisotopic (exact) mass is 452 g/mol. The Morgan fingerprint density at radius 3 is 2.35 bits per heavy atom. The van der Waals surface area contributed by atoms with Crippen molar-refractivity contribution in [3.8, 4) is 33.8 Å². The molecular formula is C28H28N4O2. The van der Waals surface area contributed by atoms with Crippen molar-refractivity contribution < 1.29 is 9.53 Å². The highest BCUT2D eigenvalue weighted by molar-refractivity contribution is 5.95. The van der Waals surface area contributed by atoms with Crippen molar-refractivity contribution in [2.75, 3.05) is 32.9 Å². The summed E-state index contributed by atoms with van der Waals surface area (Å²) >= 11 is 0. The first kappa shape index (κ1) is 23.0. The van der Waals surface area contributed by atoms with Gasteiger partial charge in [0.1, 0.15) is 17.3 Å². The lowest BCUT2D eigenvalue weighted by Crippen LogP contribution is -2.31. The third kappa shape index (κ3) is 5.79. The molecule has 6 nitrogen and oxygen atoms in total. The number of anilines is 1. The van der Waals surface area contributed by atoms with Crippen LogP contribution in [-0.4, -0.2) is 43.0 Å². The van der Waals surface area contributed by atoms with Crippen LogP contribution in [0.4, 0.5) is 5.82 Å². The number of rotatable bonds is 8. The molecule has 0 atom stereocenters. The third-order valence-electron chi connectivity index (χ3n) is 5.37. The number of hydrogen-bond donors (Lipinski definition) is 2. The van der Waals surface area contributed by atoms with Gasteiger partial charge in [-0.2, -0.15) is 0 Å². The lowest BCUT2D eigenvalue weighted by molar-refractivity contribution is 0.0951. The minimum atomic E-state index is -0.0960. The number of aromatic nitrogens is 1. The number of nitrogens with zero attached hydrogens (tertiary/aromatic N) is 2. The first-order chi connectivity index (χ1) is 16.5. The summed E-state index contributed by atoms with van der Waals surface area (Å²) in [4.78, 5) is 19.0. The van der Waals surface area contributed by atoms with Crippen molar-refractivity contribution in [1.29, 1.82) is 0 Å². The maximum atomic E-state index is 12.5. The van der Waals surface area contributed by atoms with Gasteiger partial charge in [-0.05, 0) is 67.7 Å². The van der Waals surface area contributed by atoms with Crippen LogP contribution in [-0.2, 0) is 0 Å². The Kier molecular flexibility index (Phi) is 7.20. The largest absolute Gasteiger partial charge is 0.457 e. The van der Waals surface area contributed by atoms with Crippen LogP contribution in [0.5, 0.6) is 11.5 Å². The molecular weight excluding hydrogens is 424 g/mol. The molecule has 0 aliphatic rings. The van der Waals surface area contributed by atoms with E-state index >= 15 is 0 Å². The van der Waals surface area contributed by atoms with E-state index in [4.69, 9.17) is 10.5 Å². The third-order valence-corrected chi connectivity index (χ3v) is 5.37. The molecule has 3 N–H and O–H groups in total. The summed E-state index contributed by atoms with van der Waals surface area (Å²) in [5.41, 5.74) is 10.4. The summed E-state index contributed by atoms with van der Waals surface area (Å²) in [6, 6.07) is 26.9. The Balaban J connectivity index is 1.54. The molecule has 6 heteroatoms. The summed E-state index contributed by atoms with van der Waals surface area (Å²) in [5.74, 6) is 1.87. The summed E-state index contributed by atoms with van der Waals surface area (Å²) in [5, 5.41) is 2.95. The molecule has 172 valence electrons. The van der Waals surface area contributed by atoms with Crippen LogP contribution >= 0.6 is 0 Å². The molecule has 34 heavy (non-hydrogen) atoms. The Morgan fingerprint density at radius 1 is 0.882 bits per heavy atom. The number of ether oxygens (including phenoxy) is 1. The van der Waals surface area contributed by atoms with Gasteiger partial charge < -0.3 is 20.7 Å². The minimum Gasteiger partial charge on any atom is -0.457 e. The minimum absolute atomic E-state index is 0.0960. The normalized spacial score (nSPS) is 10.8. The van der Waals surface area contributed by atoms with Gasteiger partial charge in [-0.1, -0.05) is 42.5 Å². The van der Waals surface area contributed by atoms with Crippen LogP contribution in [0.15, 0.2) is 91.1 Å². The van der Waals surface area contributed by atoms with E-state index in [1.807, 2.05) is 104 Å². The van der Waals surface area contributed by atoms with Gasteiger partial charge in [0.05, 0.1) is 0 Å². The SMILES string of the molecule is CN(C)CCNC(=O)c1cccc(-c2cnc(N)c(-c3ccc(Oc4ccccc4)cc3)c2)c1. The number of nitrogens with two attached hydrogens (primary N) is 1. The lowest BCUT2D eigenvalue weighted by Gasteiger charge is -2.12. The summed E-state index contributed by atoms with van der Waals surface area (Å²) in [6.45, 7) is 1.37. The number of para-hydroxylation sites is 1. The average molecular weight is 453 g/mol. The molecule has 0 saturated heterocycles. The highest BCUT2D eigenvalue weighted by atomic mass is 16.5. The van der Waals surface area contributed by atoms with Gasteiger partial charge in [-0.3, -0.25) is 4.79 Å². The van der Waals surface area contributed by atoms with Crippen LogP contribution in [0.3, 0.4) is 0 Å². The van der Waals surface area contributed by atoms with E-state index in [2.05, 4.69) is 10.3 Å². The smallest absolute Gasteiger partial charge is 0.251 e. The van der Waals surface area contributed by atoms with Crippen molar-refractivity contribution in [3.63, 3.8) is 0 Å². The number of nitrogen functional groups attached to an aromatic ring is 1. The maximum Gasteiger partial charge on any atom is 0.251 e. The zero-order chi connectivity index (χ0) is 23.9. The topological polar surface area (TPSA) is 80.5 Å². The van der Waals surface area contributed by atoms with Gasteiger partial charge in [0, 0.05) is 36.0 Å². The molecule has 0 radical (unpaired) electrons. The van der Waals surface area contributed by atoms with Crippen LogP contribution in [0.1, 0.15) is 10.4 Å². The molecule has 0 aliphatic heterocycles. The molecule has 0 saturated carbocycles. The zero-order valence-corrected chi connectivity index (χ0v) is 19.4. The van der Waals surface area contributed by atoms with Crippen molar-refractivity contribution in [2.24, 2.45) is 0 Å². The second-order valence-corrected chi connectivity index (χ2v) is 8.24. The molecule has 1 amide bonds. The number of likely N-dealkylation sites (N-methyl/N-ethyl adjacent to an activating group) is 1. The van der Waals surface area contributed by atoms with Crippen LogP contribution in [0, 0.1) is 0 Å². The van der Waals surface area contributed by atoms with Gasteiger partial charge in [0.15, 0.2) is 0 Å². The first-order valence-corrected chi connectivity index (χ1v) is 11.1. The molecule has 4 rings (SSSR count). The first-order valence-electron chi connectivity index (χ1n) is 11.1. The number of carbonyl (C=O) groups excluding carboxylic acids is 1. The maximum absolute atomic E-state index is 12.5. The lowest BCUT2D eigenvalue weighted by atomic mass is 9.99. The highest BCUT2D eigenvalue weighted by Gasteiger charge is 2.11. The summed E-state index contributed by atoms with van der Waals surface area (Å²) in [7, 11) is 3.95. The average Bonchev–Trinajstić information content (AvgIpc) is 2.85. The number of amides is 1. The second kappa shape index (κ2) is 10.6. The molecule has 0 unspecified atom stereocenters. The van der Waals surface area contributed by atoms with Crippen molar-refractivity contribution in [3.05, 3.63) is 96.7 Å². The molecule has 3 aromatic carbocycles. The van der Waals surface area contributed by atoms with Gasteiger partial charge in [0.25, 0.3) is 5.91 Å². The van der Waals surface area contributed by atoms with E-state index < -0.39 is 0 Å². The van der Waals surface area contributed by atoms with E-state index in [-0.39, 0.29) is 5.91 Å². The molecule has 0 bridgehead atoms. The van der Waals surface area contributed by atoms with E-state index in [0.717, 1.165) is 40.3 Å². The standard InChI is InChI=1S/C28H28N4O2/c1-32(2)16-15-30-28(33)22-8-6-7-21(17-22)23-18-26(27(29)31-19-23)20-11-13-25(14-12-20)34-24-9-4-3-5-10-24/h3-14,17-19H,15-16H2,1-2H3,(H2,29,31)(H,30,33). The number of hydrogen-bond acceptors (Lipinski definition) is 5. The Labute approximate surface area is 200 Å². The summed E-state index contributed by atoms with van der Waals surface area (Å²) < 4.78 is 5.88. The summed E-state index contributed by atoms with van der Waals surface area (Å²) in [6.07, 6.45) is 1.73. The fraction of sp³-hybridized carbons (Fsp3) is 0.143. The van der Waals surface area contributed by atoms with Crippen molar-refractivity contribution >= 4 is 11.7 Å². The van der Waals surface area contributed by atoms with Gasteiger partial charge in [-0.15, -0.1) is 0 Å². The number of nitrogens with one attached hydrogen (secondary N) is 1. The van der Waals surface area contributed by atoms with Gasteiger partial charge >= 0.3 is 0 Å². The molecule has 4 aromatic rings. The van der Waals surface area contributed by atoms with E-state index in [1.54, 1.807) is 6.20 Å². The quantitative estimate of drug-likeness (QED) is 0.390. The predicted octanol–water partition coefficient (Wildman–Crippen LogP) is 5.08. The molecule has 0 spiro atoms. The van der Waals surface area contributed by atoms with Crippen LogP contribution in [0.2, 0.25) is 0 Å². The molecule has 0 aliphatic carbocycles. The fourth-order valence-electron chi connectivity index (χ4n) is 3.53. The fourth-order valence-corrected chi connectivity index (χ4v) is 3.53. The van der Waals surface area contributed by atoms with Gasteiger partial charge in [-0.25, -0.2) is 4.98 Å². The van der Waals surface area contributed by atoms with E-state index in [9.17, 15) is 4.79 Å². The number of carbonyl (C=O) groups is 1. The second-order valence-electron chi connectivity index (χ2n) is 8.24. The zero-order valence-electron chi connectivity index (χ0n) is 19.4. The highest BCUT2D eigenvalue weighted by Crippen LogP contribution is 2.32. The van der Waals surface area contributed by atoms with Crippen LogP contribution < -0.4 is 15.8 Å². The Bertz CT molecular complexity index is 1260. The van der Waals surface area contributed by atoms with E-state index in [0.29, 0.717) is 17.9 Å². The Hall–Kier alpha value is -4.16. The van der Waals surface area contributed by atoms with Crippen LogP contribution in [0.25, 0.3) is 22.3 Å². The van der Waals surface area contributed by atoms with Gasteiger partial charge in [0.2, 0.25) is 0 Å². The molecule has 1 heterocycles. The Morgan fingerprint density at radius 2 is 1.62 bits per heavy atom. The predicted molar refractivity (Wildman–Crippen MR) is 137 cm³/mol. The molecule has 0 fully saturated rings. The number of pyridine rings is 1. The number of benzene rings is 3. The van der Waals surface area contributed by atoms with Crippen molar-refractivity contribution in [2.45, 2.75) is 0 Å².